The number of aliphatic hydroxyl groups is 1. The third kappa shape index (κ3) is 5.63. The maximum atomic E-state index is 12.6. The molecule has 1 unspecified atom stereocenters. The lowest BCUT2D eigenvalue weighted by Gasteiger charge is -2.36. The number of carbonyl (C=O) groups is 1. The largest absolute Gasteiger partial charge is 0.497 e. The predicted octanol–water partition coefficient (Wildman–Crippen LogP) is 2.16. The van der Waals surface area contributed by atoms with Crippen LogP contribution in [0.25, 0.3) is 0 Å². The molecule has 2 aromatic carbocycles. The molecular formula is C24H30N2O6. The van der Waals surface area contributed by atoms with E-state index in [9.17, 15) is 9.90 Å². The number of hydrogen-bond acceptors (Lipinski definition) is 7. The third-order valence-corrected chi connectivity index (χ3v) is 5.70. The minimum absolute atomic E-state index is 0.166. The van der Waals surface area contributed by atoms with Crippen LogP contribution in [0.5, 0.6) is 23.0 Å². The maximum Gasteiger partial charge on any atom is 0.223 e. The fourth-order valence-corrected chi connectivity index (χ4v) is 3.76. The van der Waals surface area contributed by atoms with E-state index in [2.05, 4.69) is 10.2 Å². The van der Waals surface area contributed by atoms with Gasteiger partial charge in [0.05, 0.1) is 26.2 Å². The third-order valence-electron chi connectivity index (χ3n) is 5.70. The predicted molar refractivity (Wildman–Crippen MR) is 118 cm³/mol. The van der Waals surface area contributed by atoms with Gasteiger partial charge in [0.1, 0.15) is 30.8 Å². The van der Waals surface area contributed by atoms with Crippen molar-refractivity contribution < 1.29 is 28.8 Å². The number of benzene rings is 2. The van der Waals surface area contributed by atoms with Crippen LogP contribution in [-0.4, -0.2) is 68.5 Å². The summed E-state index contributed by atoms with van der Waals surface area (Å²) in [5, 5.41) is 14.1. The first-order chi connectivity index (χ1) is 15.6. The number of nitrogens with zero attached hydrogens (tertiary/aromatic N) is 1. The highest BCUT2D eigenvalue weighted by atomic mass is 16.6. The Morgan fingerprint density at radius 3 is 2.50 bits per heavy atom. The zero-order chi connectivity index (χ0) is 22.3. The lowest BCUT2D eigenvalue weighted by molar-refractivity contribution is -0.123. The molecule has 2 aliphatic heterocycles. The molecule has 0 radical (unpaired) electrons. The normalized spacial score (nSPS) is 17.1. The molecule has 0 bridgehead atoms. The summed E-state index contributed by atoms with van der Waals surface area (Å²) in [6.45, 7) is 3.77. The minimum atomic E-state index is -0.863. The van der Waals surface area contributed by atoms with E-state index in [1.807, 2.05) is 18.2 Å². The van der Waals surface area contributed by atoms with Gasteiger partial charge in [-0.2, -0.15) is 0 Å². The van der Waals surface area contributed by atoms with Crippen molar-refractivity contribution in [3.8, 4) is 23.0 Å². The number of carbonyl (C=O) groups excluding carboxylic acids is 1. The van der Waals surface area contributed by atoms with Gasteiger partial charge in [-0.3, -0.25) is 4.79 Å². The van der Waals surface area contributed by atoms with Gasteiger partial charge < -0.3 is 34.3 Å². The highest BCUT2D eigenvalue weighted by Crippen LogP contribution is 2.33. The number of aliphatic hydroxyl groups excluding tert-OH is 1. The quantitative estimate of drug-likeness (QED) is 0.583. The molecule has 0 aromatic heterocycles. The Balaban J connectivity index is 1.34. The summed E-state index contributed by atoms with van der Waals surface area (Å²) in [5.41, 5.74) is 0.689. The molecule has 2 N–H and O–H groups in total. The average molecular weight is 443 g/mol. The molecule has 1 saturated heterocycles. The van der Waals surface area contributed by atoms with Gasteiger partial charge in [0, 0.05) is 6.54 Å². The number of ether oxygens (including phenoxy) is 4. The molecule has 2 heterocycles. The first-order valence-corrected chi connectivity index (χ1v) is 11.0. The summed E-state index contributed by atoms with van der Waals surface area (Å²) in [6, 6.07) is 12.2. The van der Waals surface area contributed by atoms with E-state index in [4.69, 9.17) is 18.9 Å². The lowest BCUT2D eigenvalue weighted by Crippen LogP contribution is -2.51. The lowest BCUT2D eigenvalue weighted by atomic mass is 9.99. The average Bonchev–Trinajstić information content (AvgIpc) is 2.80. The van der Waals surface area contributed by atoms with Crippen LogP contribution >= 0.6 is 0 Å². The van der Waals surface area contributed by atoms with Crippen molar-refractivity contribution in [2.75, 3.05) is 46.6 Å². The Morgan fingerprint density at radius 1 is 1.09 bits per heavy atom. The standard InChI is InChI=1S/C24H30N2O6/c1-29-18-4-6-19(7-5-18)30-12-9-23(27)25-20(16-26-10-2-11-26)24(28)17-3-8-21-22(15-17)32-14-13-31-21/h3-8,15,20,24,28H,2,9-14,16H2,1H3,(H,25,27)/t20-,24?/m1/s1. The number of methoxy groups -OCH3 is 1. The Kier molecular flexibility index (Phi) is 7.34. The van der Waals surface area contributed by atoms with Crippen molar-refractivity contribution in [3.05, 3.63) is 48.0 Å². The topological polar surface area (TPSA) is 89.5 Å². The van der Waals surface area contributed by atoms with Gasteiger partial charge in [0.2, 0.25) is 5.91 Å². The monoisotopic (exact) mass is 442 g/mol. The molecule has 0 spiro atoms. The molecule has 2 aliphatic rings. The number of likely N-dealkylation sites (tertiary alicyclic amines) is 1. The second kappa shape index (κ2) is 10.6. The van der Waals surface area contributed by atoms with Crippen LogP contribution in [0.1, 0.15) is 24.5 Å². The van der Waals surface area contributed by atoms with Crippen LogP contribution in [0, 0.1) is 0 Å². The Hall–Kier alpha value is -2.97. The SMILES string of the molecule is COc1ccc(OCCC(=O)N[C@H](CN2CCC2)C(O)c2ccc3c(c2)OCCO3)cc1. The van der Waals surface area contributed by atoms with E-state index in [1.165, 1.54) is 0 Å². The number of fused-ring (bicyclic) bond motifs is 1. The summed E-state index contributed by atoms with van der Waals surface area (Å²) in [5.74, 6) is 2.55. The van der Waals surface area contributed by atoms with Gasteiger partial charge in [-0.25, -0.2) is 0 Å². The Bertz CT molecular complexity index is 900. The van der Waals surface area contributed by atoms with Crippen LogP contribution in [0.2, 0.25) is 0 Å². The van der Waals surface area contributed by atoms with Gasteiger partial charge in [-0.15, -0.1) is 0 Å². The summed E-state index contributed by atoms with van der Waals surface area (Å²) < 4.78 is 22.0. The van der Waals surface area contributed by atoms with Gasteiger partial charge in [0.25, 0.3) is 0 Å². The number of nitrogens with one attached hydrogen (secondary N) is 1. The molecule has 2 aromatic rings. The fraction of sp³-hybridized carbons (Fsp3) is 0.458. The summed E-state index contributed by atoms with van der Waals surface area (Å²) >= 11 is 0. The van der Waals surface area contributed by atoms with E-state index in [1.54, 1.807) is 31.4 Å². The number of hydrogen-bond donors (Lipinski definition) is 2. The van der Waals surface area contributed by atoms with Crippen molar-refractivity contribution in [1.29, 1.82) is 0 Å². The van der Waals surface area contributed by atoms with Crippen molar-refractivity contribution >= 4 is 5.91 Å². The van der Waals surface area contributed by atoms with E-state index in [0.717, 1.165) is 25.3 Å². The highest BCUT2D eigenvalue weighted by Gasteiger charge is 2.28. The molecule has 172 valence electrons. The smallest absolute Gasteiger partial charge is 0.223 e. The van der Waals surface area contributed by atoms with E-state index >= 15 is 0 Å². The Morgan fingerprint density at radius 2 is 1.81 bits per heavy atom. The minimum Gasteiger partial charge on any atom is -0.497 e. The van der Waals surface area contributed by atoms with Crippen LogP contribution < -0.4 is 24.3 Å². The zero-order valence-electron chi connectivity index (χ0n) is 18.3. The molecule has 8 nitrogen and oxygen atoms in total. The Labute approximate surface area is 188 Å². The second-order valence-corrected chi connectivity index (χ2v) is 7.95. The number of rotatable bonds is 10. The van der Waals surface area contributed by atoms with Gasteiger partial charge >= 0.3 is 0 Å². The van der Waals surface area contributed by atoms with Gasteiger partial charge in [-0.1, -0.05) is 6.07 Å². The van der Waals surface area contributed by atoms with Crippen molar-refractivity contribution in [2.45, 2.75) is 25.0 Å². The molecule has 2 atom stereocenters. The van der Waals surface area contributed by atoms with Crippen LogP contribution in [0.4, 0.5) is 0 Å². The van der Waals surface area contributed by atoms with E-state index < -0.39 is 12.1 Å². The van der Waals surface area contributed by atoms with E-state index in [0.29, 0.717) is 42.6 Å². The zero-order valence-corrected chi connectivity index (χ0v) is 18.3. The van der Waals surface area contributed by atoms with Gasteiger partial charge in [-0.05, 0) is 61.5 Å². The van der Waals surface area contributed by atoms with Crippen LogP contribution in [0.3, 0.4) is 0 Å². The van der Waals surface area contributed by atoms with Crippen LogP contribution in [0.15, 0.2) is 42.5 Å². The molecule has 0 aliphatic carbocycles. The first kappa shape index (κ1) is 22.2. The highest BCUT2D eigenvalue weighted by molar-refractivity contribution is 5.76. The molecule has 0 saturated carbocycles. The fourth-order valence-electron chi connectivity index (χ4n) is 3.76. The number of amides is 1. The van der Waals surface area contributed by atoms with Gasteiger partial charge in [0.15, 0.2) is 11.5 Å². The second-order valence-electron chi connectivity index (χ2n) is 7.95. The summed E-state index contributed by atoms with van der Waals surface area (Å²) in [6.07, 6.45) is 0.463. The van der Waals surface area contributed by atoms with E-state index in [-0.39, 0.29) is 18.9 Å². The molecule has 32 heavy (non-hydrogen) atoms. The molecule has 1 fully saturated rings. The van der Waals surface area contributed by atoms with Crippen molar-refractivity contribution in [1.82, 2.24) is 10.2 Å². The summed E-state index contributed by atoms with van der Waals surface area (Å²) in [7, 11) is 1.61. The van der Waals surface area contributed by atoms with Crippen molar-refractivity contribution in [2.24, 2.45) is 0 Å². The summed E-state index contributed by atoms with van der Waals surface area (Å²) in [4.78, 5) is 14.8. The molecular weight excluding hydrogens is 412 g/mol. The van der Waals surface area contributed by atoms with Crippen LogP contribution in [-0.2, 0) is 4.79 Å². The first-order valence-electron chi connectivity index (χ1n) is 11.0. The maximum absolute atomic E-state index is 12.6. The molecule has 1 amide bonds. The molecule has 8 heteroatoms. The molecule has 4 rings (SSSR count). The van der Waals surface area contributed by atoms with Crippen molar-refractivity contribution in [3.63, 3.8) is 0 Å².